The van der Waals surface area contributed by atoms with Gasteiger partial charge < -0.3 is 5.73 Å². The normalized spacial score (nSPS) is 12.7. The highest BCUT2D eigenvalue weighted by atomic mass is 16.6. The molecular formula is C18H15N7O6. The molecule has 31 heavy (non-hydrogen) atoms. The molecule has 0 fully saturated rings. The predicted octanol–water partition coefficient (Wildman–Crippen LogP) is 2.62. The second-order valence-electron chi connectivity index (χ2n) is 6.49. The molecule has 13 nitrogen and oxygen atoms in total. The van der Waals surface area contributed by atoms with Crippen molar-refractivity contribution in [1.29, 1.82) is 0 Å². The summed E-state index contributed by atoms with van der Waals surface area (Å²) in [7, 11) is 0. The van der Waals surface area contributed by atoms with Gasteiger partial charge in [0.15, 0.2) is 0 Å². The second-order valence-corrected chi connectivity index (χ2v) is 6.49. The van der Waals surface area contributed by atoms with Crippen molar-refractivity contribution < 1.29 is 14.8 Å². The van der Waals surface area contributed by atoms with Gasteiger partial charge in [-0.25, -0.2) is 0 Å². The lowest BCUT2D eigenvalue weighted by molar-refractivity contribution is -0.385. The summed E-state index contributed by atoms with van der Waals surface area (Å²) < 4.78 is 0. The largest absolute Gasteiger partial charge is 0.322 e. The highest BCUT2D eigenvalue weighted by Gasteiger charge is 2.28. The first-order valence-corrected chi connectivity index (χ1v) is 8.82. The van der Waals surface area contributed by atoms with E-state index < -0.39 is 26.7 Å². The molecule has 0 aromatic carbocycles. The Morgan fingerprint density at radius 3 is 1.74 bits per heavy atom. The topological polar surface area (TPSA) is 194 Å². The van der Waals surface area contributed by atoms with E-state index in [1.54, 1.807) is 0 Å². The van der Waals surface area contributed by atoms with Crippen LogP contribution in [0.1, 0.15) is 29.0 Å². The maximum Gasteiger partial charge on any atom is 0.272 e. The Kier molecular flexibility index (Phi) is 6.16. The lowest BCUT2D eigenvalue weighted by atomic mass is 9.88. The third-order valence-electron chi connectivity index (χ3n) is 4.55. The van der Waals surface area contributed by atoms with Crippen molar-refractivity contribution in [1.82, 2.24) is 15.0 Å². The van der Waals surface area contributed by atoms with Crippen molar-refractivity contribution in [3.05, 3.63) is 102 Å². The van der Waals surface area contributed by atoms with Crippen LogP contribution in [-0.4, -0.2) is 29.7 Å². The van der Waals surface area contributed by atoms with Gasteiger partial charge >= 0.3 is 0 Å². The molecule has 3 heterocycles. The lowest BCUT2D eigenvalue weighted by Gasteiger charge is -2.22. The van der Waals surface area contributed by atoms with Crippen LogP contribution in [0.4, 0.5) is 17.1 Å². The molecule has 0 aliphatic heterocycles. The minimum atomic E-state index is -0.963. The van der Waals surface area contributed by atoms with Crippen LogP contribution in [0.5, 0.6) is 0 Å². The van der Waals surface area contributed by atoms with Gasteiger partial charge in [0.2, 0.25) is 0 Å². The fourth-order valence-electron chi connectivity index (χ4n) is 3.02. The number of nitro groups is 3. The molecular weight excluding hydrogens is 410 g/mol. The van der Waals surface area contributed by atoms with E-state index in [1.807, 2.05) is 0 Å². The zero-order chi connectivity index (χ0) is 22.5. The van der Waals surface area contributed by atoms with Crippen molar-refractivity contribution in [2.24, 2.45) is 5.73 Å². The summed E-state index contributed by atoms with van der Waals surface area (Å²) in [5.74, 6) is -0.760. The number of pyridine rings is 3. The summed E-state index contributed by atoms with van der Waals surface area (Å²) in [6, 6.07) is 6.39. The summed E-state index contributed by atoms with van der Waals surface area (Å²) >= 11 is 0. The molecule has 0 aliphatic rings. The molecule has 0 amide bonds. The van der Waals surface area contributed by atoms with E-state index in [1.165, 1.54) is 55.0 Å². The molecule has 0 radical (unpaired) electrons. The Morgan fingerprint density at radius 1 is 0.742 bits per heavy atom. The van der Waals surface area contributed by atoms with Crippen molar-refractivity contribution in [3.8, 4) is 0 Å². The predicted molar refractivity (Wildman–Crippen MR) is 106 cm³/mol. The summed E-state index contributed by atoms with van der Waals surface area (Å²) in [6.07, 6.45) is 3.77. The fraction of sp³-hybridized carbons (Fsp3) is 0.167. The SMILES string of the molecule is NC(c1cc([N+](=O)[O-])ccn1)C(Cc1cc([N+](=O)[O-])ccn1)c1cc([N+](=O)[O-])ccn1. The summed E-state index contributed by atoms with van der Waals surface area (Å²) in [6.45, 7) is 0. The number of hydrogen-bond acceptors (Lipinski definition) is 10. The first kappa shape index (κ1) is 21.3. The average Bonchev–Trinajstić information content (AvgIpc) is 2.77. The number of aromatic nitrogens is 3. The van der Waals surface area contributed by atoms with E-state index in [0.717, 1.165) is 0 Å². The maximum absolute atomic E-state index is 11.2. The molecule has 3 aromatic heterocycles. The van der Waals surface area contributed by atoms with Gasteiger partial charge in [0.25, 0.3) is 17.1 Å². The molecule has 0 saturated carbocycles. The highest BCUT2D eigenvalue weighted by molar-refractivity contribution is 5.37. The molecule has 0 bridgehead atoms. The van der Waals surface area contributed by atoms with Crippen molar-refractivity contribution in [3.63, 3.8) is 0 Å². The monoisotopic (exact) mass is 425 g/mol. The quantitative estimate of drug-likeness (QED) is 0.414. The molecule has 2 unspecified atom stereocenters. The van der Waals surface area contributed by atoms with Crippen LogP contribution in [0.3, 0.4) is 0 Å². The maximum atomic E-state index is 11.2. The molecule has 2 atom stereocenters. The summed E-state index contributed by atoms with van der Waals surface area (Å²) in [4.78, 5) is 44.0. The molecule has 158 valence electrons. The van der Waals surface area contributed by atoms with Gasteiger partial charge in [-0.15, -0.1) is 0 Å². The van der Waals surface area contributed by atoms with Gasteiger partial charge in [0.05, 0.1) is 32.2 Å². The Balaban J connectivity index is 2.05. The Labute approximate surface area is 174 Å². The molecule has 13 heteroatoms. The van der Waals surface area contributed by atoms with Crippen LogP contribution in [0.25, 0.3) is 0 Å². The average molecular weight is 425 g/mol. The summed E-state index contributed by atoms with van der Waals surface area (Å²) in [5.41, 5.74) is 6.42. The van der Waals surface area contributed by atoms with Crippen LogP contribution < -0.4 is 5.73 Å². The van der Waals surface area contributed by atoms with Gasteiger partial charge in [-0.1, -0.05) is 0 Å². The van der Waals surface area contributed by atoms with E-state index >= 15 is 0 Å². The van der Waals surface area contributed by atoms with Gasteiger partial charge in [-0.2, -0.15) is 0 Å². The van der Waals surface area contributed by atoms with Crippen LogP contribution >= 0.6 is 0 Å². The number of rotatable bonds is 8. The van der Waals surface area contributed by atoms with Gasteiger partial charge in [-0.3, -0.25) is 45.3 Å². The van der Waals surface area contributed by atoms with Crippen molar-refractivity contribution >= 4 is 17.1 Å². The first-order valence-electron chi connectivity index (χ1n) is 8.82. The van der Waals surface area contributed by atoms with Gasteiger partial charge in [-0.05, 0) is 0 Å². The molecule has 0 aliphatic carbocycles. The molecule has 2 N–H and O–H groups in total. The third kappa shape index (κ3) is 4.97. The summed E-state index contributed by atoms with van der Waals surface area (Å²) in [5, 5.41) is 33.4. The smallest absolute Gasteiger partial charge is 0.272 e. The van der Waals surface area contributed by atoms with E-state index in [0.29, 0.717) is 5.69 Å². The zero-order valence-corrected chi connectivity index (χ0v) is 15.8. The minimum absolute atomic E-state index is 0.0292. The Morgan fingerprint density at radius 2 is 1.19 bits per heavy atom. The number of nitrogens with two attached hydrogens (primary N) is 1. The second kappa shape index (κ2) is 8.96. The van der Waals surface area contributed by atoms with Crippen LogP contribution in [-0.2, 0) is 6.42 Å². The van der Waals surface area contributed by atoms with Crippen LogP contribution in [0, 0.1) is 30.3 Å². The minimum Gasteiger partial charge on any atom is -0.322 e. The highest BCUT2D eigenvalue weighted by Crippen LogP contribution is 2.33. The van der Waals surface area contributed by atoms with Gasteiger partial charge in [0, 0.05) is 73.0 Å². The Hall–Kier alpha value is -4.39. The van der Waals surface area contributed by atoms with E-state index in [-0.39, 0.29) is 34.9 Å². The zero-order valence-electron chi connectivity index (χ0n) is 15.8. The Bertz CT molecular complexity index is 1160. The lowest BCUT2D eigenvalue weighted by Crippen LogP contribution is -2.24. The molecule has 0 saturated heterocycles. The molecule has 3 rings (SSSR count). The number of nitrogens with zero attached hydrogens (tertiary/aromatic N) is 6. The third-order valence-corrected chi connectivity index (χ3v) is 4.55. The van der Waals surface area contributed by atoms with Crippen LogP contribution in [0.2, 0.25) is 0 Å². The van der Waals surface area contributed by atoms with Crippen molar-refractivity contribution in [2.45, 2.75) is 18.4 Å². The van der Waals surface area contributed by atoms with E-state index in [4.69, 9.17) is 5.73 Å². The van der Waals surface area contributed by atoms with E-state index in [2.05, 4.69) is 15.0 Å². The standard InChI is InChI=1S/C18H15N7O6/c19-18(17-10-14(25(30)31)3-6-22-17)15(16-9-13(24(28)29)2-5-21-16)8-11-7-12(23(26)27)1-4-20-11/h1-7,9-10,15,18H,8,19H2. The van der Waals surface area contributed by atoms with Crippen LogP contribution in [0.15, 0.2) is 55.0 Å². The van der Waals surface area contributed by atoms with Crippen molar-refractivity contribution in [2.75, 3.05) is 0 Å². The van der Waals surface area contributed by atoms with E-state index in [9.17, 15) is 30.3 Å². The molecule has 3 aromatic rings. The number of hydrogen-bond donors (Lipinski definition) is 1. The van der Waals surface area contributed by atoms with Gasteiger partial charge in [0.1, 0.15) is 0 Å². The first-order chi connectivity index (χ1) is 14.8. The fourth-order valence-corrected chi connectivity index (χ4v) is 3.02. The molecule has 0 spiro atoms.